The molecule has 1 amide bonds. The van der Waals surface area contributed by atoms with Gasteiger partial charge in [0.15, 0.2) is 0 Å². The molecule has 0 heterocycles. The average Bonchev–Trinajstić information content (AvgIpc) is 2.01. The SMILES string of the molecule is CN(CC(=O)O)C(=O)C(C)(C)CS. The van der Waals surface area contributed by atoms with E-state index in [0.717, 1.165) is 0 Å². The lowest BCUT2D eigenvalue weighted by molar-refractivity contribution is -0.146. The molecule has 0 fully saturated rings. The molecule has 0 radical (unpaired) electrons. The van der Waals surface area contributed by atoms with Crippen molar-refractivity contribution < 1.29 is 14.7 Å². The first-order chi connectivity index (χ1) is 5.81. The number of carbonyl (C=O) groups is 2. The smallest absolute Gasteiger partial charge is 0.323 e. The Balaban J connectivity index is 4.34. The number of nitrogens with zero attached hydrogens (tertiary/aromatic N) is 1. The molecule has 13 heavy (non-hydrogen) atoms. The number of carboxylic acid groups (broad SMARTS) is 1. The van der Waals surface area contributed by atoms with Crippen LogP contribution in [0.4, 0.5) is 0 Å². The highest BCUT2D eigenvalue weighted by molar-refractivity contribution is 7.80. The second-order valence-electron chi connectivity index (χ2n) is 3.60. The highest BCUT2D eigenvalue weighted by atomic mass is 32.1. The Morgan fingerprint density at radius 3 is 2.23 bits per heavy atom. The first-order valence-corrected chi connectivity index (χ1v) is 4.52. The van der Waals surface area contributed by atoms with E-state index in [-0.39, 0.29) is 12.5 Å². The van der Waals surface area contributed by atoms with Gasteiger partial charge in [-0.1, -0.05) is 13.8 Å². The van der Waals surface area contributed by atoms with Crippen LogP contribution >= 0.6 is 12.6 Å². The highest BCUT2D eigenvalue weighted by Crippen LogP contribution is 2.19. The summed E-state index contributed by atoms with van der Waals surface area (Å²) in [6.07, 6.45) is 0. The van der Waals surface area contributed by atoms with Crippen LogP contribution in [-0.4, -0.2) is 41.2 Å². The lowest BCUT2D eigenvalue weighted by Crippen LogP contribution is -2.41. The van der Waals surface area contributed by atoms with Crippen molar-refractivity contribution in [3.63, 3.8) is 0 Å². The number of carbonyl (C=O) groups excluding carboxylic acids is 1. The van der Waals surface area contributed by atoms with E-state index in [9.17, 15) is 9.59 Å². The van der Waals surface area contributed by atoms with Crippen LogP contribution in [0.1, 0.15) is 13.8 Å². The van der Waals surface area contributed by atoms with Crippen molar-refractivity contribution in [1.29, 1.82) is 0 Å². The number of thiol groups is 1. The van der Waals surface area contributed by atoms with Gasteiger partial charge in [-0.15, -0.1) is 0 Å². The van der Waals surface area contributed by atoms with Crippen molar-refractivity contribution in [2.45, 2.75) is 13.8 Å². The van der Waals surface area contributed by atoms with E-state index in [0.29, 0.717) is 5.75 Å². The third-order valence-corrected chi connectivity index (χ3v) is 2.48. The number of amides is 1. The minimum atomic E-state index is -1.01. The maximum absolute atomic E-state index is 11.5. The first kappa shape index (κ1) is 12.3. The van der Waals surface area contributed by atoms with Gasteiger partial charge in [-0.3, -0.25) is 9.59 Å². The van der Waals surface area contributed by atoms with E-state index >= 15 is 0 Å². The van der Waals surface area contributed by atoms with Crippen molar-refractivity contribution in [3.8, 4) is 0 Å². The molecule has 0 atom stereocenters. The maximum Gasteiger partial charge on any atom is 0.323 e. The lowest BCUT2D eigenvalue weighted by Gasteiger charge is -2.26. The second-order valence-corrected chi connectivity index (χ2v) is 3.91. The van der Waals surface area contributed by atoms with Gasteiger partial charge < -0.3 is 10.0 Å². The number of hydrogen-bond acceptors (Lipinski definition) is 3. The number of hydrogen-bond donors (Lipinski definition) is 2. The van der Waals surface area contributed by atoms with Crippen LogP contribution in [0.25, 0.3) is 0 Å². The molecular weight excluding hydrogens is 190 g/mol. The van der Waals surface area contributed by atoms with E-state index in [2.05, 4.69) is 12.6 Å². The van der Waals surface area contributed by atoms with Gasteiger partial charge >= 0.3 is 5.97 Å². The summed E-state index contributed by atoms with van der Waals surface area (Å²) in [4.78, 5) is 23.1. The second kappa shape index (κ2) is 4.50. The maximum atomic E-state index is 11.5. The molecule has 0 spiro atoms. The zero-order valence-corrected chi connectivity index (χ0v) is 8.97. The summed E-state index contributed by atoms with van der Waals surface area (Å²) in [5.74, 6) is -0.814. The summed E-state index contributed by atoms with van der Waals surface area (Å²) in [5.41, 5.74) is -0.604. The van der Waals surface area contributed by atoms with Gasteiger partial charge in [0.1, 0.15) is 6.54 Å². The fourth-order valence-electron chi connectivity index (χ4n) is 0.859. The molecular formula is C8H15NO3S. The largest absolute Gasteiger partial charge is 0.480 e. The molecule has 0 aromatic carbocycles. The van der Waals surface area contributed by atoms with Gasteiger partial charge in [0.25, 0.3) is 0 Å². The van der Waals surface area contributed by atoms with Crippen LogP contribution in [-0.2, 0) is 9.59 Å². The van der Waals surface area contributed by atoms with Crippen LogP contribution in [0, 0.1) is 5.41 Å². The molecule has 5 heteroatoms. The summed E-state index contributed by atoms with van der Waals surface area (Å²) in [5, 5.41) is 8.46. The number of aliphatic carboxylic acids is 1. The van der Waals surface area contributed by atoms with Crippen LogP contribution in [0.3, 0.4) is 0 Å². The normalized spacial score (nSPS) is 11.1. The number of rotatable bonds is 4. The first-order valence-electron chi connectivity index (χ1n) is 3.89. The predicted octanol–water partition coefficient (Wildman–Crippen LogP) is 0.485. The summed E-state index contributed by atoms with van der Waals surface area (Å²) < 4.78 is 0. The highest BCUT2D eigenvalue weighted by Gasteiger charge is 2.29. The number of likely N-dealkylation sites (N-methyl/N-ethyl adjacent to an activating group) is 1. The predicted molar refractivity (Wildman–Crippen MR) is 52.9 cm³/mol. The average molecular weight is 205 g/mol. The summed E-state index contributed by atoms with van der Waals surface area (Å²) in [6.45, 7) is 3.21. The molecule has 0 aliphatic carbocycles. The standard InChI is InChI=1S/C8H15NO3S/c1-8(2,5-13)7(12)9(3)4-6(10)11/h13H,4-5H2,1-3H3,(H,10,11). The van der Waals surface area contributed by atoms with Crippen molar-refractivity contribution in [1.82, 2.24) is 4.90 Å². The molecule has 0 unspecified atom stereocenters. The van der Waals surface area contributed by atoms with Crippen LogP contribution < -0.4 is 0 Å². The van der Waals surface area contributed by atoms with E-state index in [4.69, 9.17) is 5.11 Å². The molecule has 1 N–H and O–H groups in total. The molecule has 0 aromatic heterocycles. The van der Waals surface area contributed by atoms with Gasteiger partial charge in [0, 0.05) is 12.8 Å². The van der Waals surface area contributed by atoms with Gasteiger partial charge in [0.2, 0.25) is 5.91 Å². The molecule has 76 valence electrons. The Kier molecular flexibility index (Phi) is 4.26. The Hall–Kier alpha value is -0.710. The van der Waals surface area contributed by atoms with Crippen molar-refractivity contribution in [2.24, 2.45) is 5.41 Å². The van der Waals surface area contributed by atoms with Crippen molar-refractivity contribution >= 4 is 24.5 Å². The molecule has 0 saturated heterocycles. The quantitative estimate of drug-likeness (QED) is 0.656. The minimum absolute atomic E-state index is 0.204. The van der Waals surface area contributed by atoms with E-state index in [1.165, 1.54) is 11.9 Å². The van der Waals surface area contributed by atoms with Gasteiger partial charge in [-0.25, -0.2) is 0 Å². The minimum Gasteiger partial charge on any atom is -0.480 e. The fraction of sp³-hybridized carbons (Fsp3) is 0.750. The Labute approximate surface area is 83.3 Å². The Bertz CT molecular complexity index is 215. The summed E-state index contributed by atoms with van der Waals surface area (Å²) >= 11 is 4.03. The zero-order chi connectivity index (χ0) is 10.6. The summed E-state index contributed by atoms with van der Waals surface area (Å²) in [7, 11) is 1.47. The molecule has 4 nitrogen and oxygen atoms in total. The molecule has 0 rings (SSSR count). The molecule has 0 aromatic rings. The van der Waals surface area contributed by atoms with Crippen molar-refractivity contribution in [3.05, 3.63) is 0 Å². The topological polar surface area (TPSA) is 57.6 Å². The van der Waals surface area contributed by atoms with E-state index < -0.39 is 11.4 Å². The Morgan fingerprint density at radius 2 is 1.92 bits per heavy atom. The molecule has 0 saturated carbocycles. The van der Waals surface area contributed by atoms with Crippen LogP contribution in [0.2, 0.25) is 0 Å². The Morgan fingerprint density at radius 1 is 1.46 bits per heavy atom. The van der Waals surface area contributed by atoms with Crippen LogP contribution in [0.5, 0.6) is 0 Å². The third-order valence-electron chi connectivity index (χ3n) is 1.69. The lowest BCUT2D eigenvalue weighted by atomic mass is 9.94. The molecule has 0 aliphatic heterocycles. The van der Waals surface area contributed by atoms with Crippen LogP contribution in [0.15, 0.2) is 0 Å². The summed E-state index contributed by atoms with van der Waals surface area (Å²) in [6, 6.07) is 0. The fourth-order valence-corrected chi connectivity index (χ4v) is 0.994. The third kappa shape index (κ3) is 3.67. The van der Waals surface area contributed by atoms with Gasteiger partial charge in [-0.2, -0.15) is 12.6 Å². The van der Waals surface area contributed by atoms with E-state index in [1.54, 1.807) is 13.8 Å². The molecule has 0 bridgehead atoms. The zero-order valence-electron chi connectivity index (χ0n) is 8.07. The monoisotopic (exact) mass is 205 g/mol. The van der Waals surface area contributed by atoms with E-state index in [1.807, 2.05) is 0 Å². The van der Waals surface area contributed by atoms with Gasteiger partial charge in [0.05, 0.1) is 5.41 Å². The number of carboxylic acids is 1. The molecule has 0 aliphatic rings. The van der Waals surface area contributed by atoms with Crippen molar-refractivity contribution in [2.75, 3.05) is 19.3 Å². The van der Waals surface area contributed by atoms with Gasteiger partial charge in [-0.05, 0) is 0 Å².